The Labute approximate surface area is 214 Å². The molecule has 1 unspecified atom stereocenters. The van der Waals surface area contributed by atoms with Crippen molar-refractivity contribution in [2.45, 2.75) is 19.9 Å². The van der Waals surface area contributed by atoms with Gasteiger partial charge in [0.05, 0.1) is 48.2 Å². The fourth-order valence-electron chi connectivity index (χ4n) is 4.82. The Morgan fingerprint density at radius 3 is 2.57 bits per heavy atom. The molecule has 0 saturated carbocycles. The minimum atomic E-state index is -2.90. The average molecular weight is 519 g/mol. The number of ether oxygens (including phenoxy) is 1. The van der Waals surface area contributed by atoms with Gasteiger partial charge in [-0.2, -0.15) is 10.4 Å². The van der Waals surface area contributed by atoms with Gasteiger partial charge in [-0.3, -0.25) is 10.1 Å². The summed E-state index contributed by atoms with van der Waals surface area (Å²) in [5.41, 5.74) is 1.90. The van der Waals surface area contributed by atoms with E-state index in [9.17, 15) is 15.4 Å². The largest absolute Gasteiger partial charge is 0.379 e. The lowest BCUT2D eigenvalue weighted by Gasteiger charge is -2.46. The number of aliphatic imine (C=N–C) groups is 1. The van der Waals surface area contributed by atoms with Crippen LogP contribution in [0.4, 0.5) is 17.2 Å². The third-order valence-electron chi connectivity index (χ3n) is 6.48. The second-order valence-electron chi connectivity index (χ2n) is 8.69. The quantitative estimate of drug-likeness (QED) is 0.270. The molecule has 2 aliphatic heterocycles. The van der Waals surface area contributed by atoms with E-state index in [0.29, 0.717) is 50.2 Å². The fourth-order valence-corrected chi connectivity index (χ4v) is 8.67. The molecule has 0 spiro atoms. The van der Waals surface area contributed by atoms with Crippen molar-refractivity contribution in [1.82, 2.24) is 19.1 Å². The van der Waals surface area contributed by atoms with Gasteiger partial charge in [0.1, 0.15) is 11.5 Å². The molecule has 3 aromatic rings. The Hall–Kier alpha value is -3.84. The van der Waals surface area contributed by atoms with E-state index >= 15 is 0 Å². The van der Waals surface area contributed by atoms with Gasteiger partial charge in [0, 0.05) is 31.8 Å². The van der Waals surface area contributed by atoms with Crippen LogP contribution in [0, 0.1) is 28.4 Å². The number of amidine groups is 1. The maximum atomic E-state index is 12.0. The van der Waals surface area contributed by atoms with E-state index in [1.807, 2.05) is 44.3 Å². The van der Waals surface area contributed by atoms with Gasteiger partial charge in [-0.25, -0.2) is 19.1 Å². The topological polar surface area (TPSA) is 125 Å². The van der Waals surface area contributed by atoms with Crippen LogP contribution in [0.25, 0.3) is 0 Å². The second kappa shape index (κ2) is 10.3. The Bertz CT molecular complexity index is 1450. The molecule has 5 rings (SSSR count). The molecule has 1 atom stereocenters. The van der Waals surface area contributed by atoms with Crippen LogP contribution < -0.4 is 5.30 Å². The van der Waals surface area contributed by atoms with Crippen LogP contribution in [0.3, 0.4) is 0 Å². The minimum absolute atomic E-state index is 0.0524. The van der Waals surface area contributed by atoms with E-state index in [4.69, 9.17) is 19.6 Å². The Kier molecular flexibility index (Phi) is 6.89. The highest BCUT2D eigenvalue weighted by atomic mass is 31.2. The third kappa shape index (κ3) is 4.33. The standard InChI is InChI=1S/C25H27N8O3P/c1-19-23-25(32(28-19)14-8-13-26)27-24(20-9-4-3-5-10-20)30(2)37(23,31-15-17-36-18-16-31)29-21-11-6-7-12-22(21)33(34)35/h3-7,9-12H,8,14-18H2,1-2H3. The first kappa shape index (κ1) is 24.8. The van der Waals surface area contributed by atoms with Gasteiger partial charge in [-0.05, 0) is 13.0 Å². The van der Waals surface area contributed by atoms with Gasteiger partial charge in [-0.15, -0.1) is 0 Å². The Morgan fingerprint density at radius 2 is 1.86 bits per heavy atom. The minimum Gasteiger partial charge on any atom is -0.379 e. The molecule has 2 aliphatic rings. The van der Waals surface area contributed by atoms with Crippen LogP contribution in [0.5, 0.6) is 0 Å². The molecule has 0 N–H and O–H groups in total. The molecular formula is C25H27N8O3P. The number of nitro groups is 1. The highest BCUT2D eigenvalue weighted by Gasteiger charge is 2.45. The number of para-hydroxylation sites is 1. The Balaban J connectivity index is 1.88. The van der Waals surface area contributed by atoms with E-state index in [0.717, 1.165) is 16.6 Å². The summed E-state index contributed by atoms with van der Waals surface area (Å²) in [4.78, 5) is 16.7. The summed E-state index contributed by atoms with van der Waals surface area (Å²) in [6.45, 7) is 4.56. The van der Waals surface area contributed by atoms with Crippen LogP contribution in [0.1, 0.15) is 17.7 Å². The van der Waals surface area contributed by atoms with Crippen molar-refractivity contribution in [1.29, 1.82) is 5.26 Å². The molecule has 190 valence electrons. The van der Waals surface area contributed by atoms with Crippen LogP contribution in [0.15, 0.2) is 64.3 Å². The lowest BCUT2D eigenvalue weighted by atomic mass is 10.2. The van der Waals surface area contributed by atoms with Crippen LogP contribution in [0.2, 0.25) is 0 Å². The predicted octanol–water partition coefficient (Wildman–Crippen LogP) is 4.36. The van der Waals surface area contributed by atoms with Gasteiger partial charge in [0.25, 0.3) is 5.69 Å². The SMILES string of the molecule is Cc1nn(CCC#N)c2c1P(=Nc1ccccc1[N+](=O)[O-])(N1CCOCC1)N(C)C(c1ccccc1)=N2. The number of hydrogen-bond acceptors (Lipinski definition) is 7. The first-order chi connectivity index (χ1) is 18.0. The molecule has 0 aliphatic carbocycles. The number of nitriles is 1. The van der Waals surface area contributed by atoms with Crippen LogP contribution in [-0.2, 0) is 11.3 Å². The van der Waals surface area contributed by atoms with Gasteiger partial charge in [0.2, 0.25) is 0 Å². The van der Waals surface area contributed by atoms with Gasteiger partial charge < -0.3 is 9.41 Å². The number of rotatable bonds is 6. The maximum absolute atomic E-state index is 12.0. The summed E-state index contributed by atoms with van der Waals surface area (Å²) >= 11 is 0. The van der Waals surface area contributed by atoms with E-state index < -0.39 is 12.3 Å². The summed E-state index contributed by atoms with van der Waals surface area (Å²) in [6.07, 6.45) is 0.282. The van der Waals surface area contributed by atoms with Crippen molar-refractivity contribution in [2.75, 3.05) is 33.4 Å². The van der Waals surface area contributed by atoms with E-state index in [-0.39, 0.29) is 12.1 Å². The van der Waals surface area contributed by atoms with Crippen molar-refractivity contribution in [3.63, 3.8) is 0 Å². The zero-order valence-electron chi connectivity index (χ0n) is 20.7. The molecule has 12 heteroatoms. The van der Waals surface area contributed by atoms with E-state index in [1.54, 1.807) is 22.9 Å². The molecule has 37 heavy (non-hydrogen) atoms. The van der Waals surface area contributed by atoms with Crippen molar-refractivity contribution < 1.29 is 9.66 Å². The monoisotopic (exact) mass is 518 g/mol. The van der Waals surface area contributed by atoms with Crippen LogP contribution >= 0.6 is 7.36 Å². The van der Waals surface area contributed by atoms with Crippen molar-refractivity contribution >= 4 is 35.7 Å². The maximum Gasteiger partial charge on any atom is 0.294 e. The number of morpholine rings is 1. The van der Waals surface area contributed by atoms with Crippen LogP contribution in [-0.4, -0.2) is 63.2 Å². The number of aromatic nitrogens is 2. The number of nitrogens with zero attached hydrogens (tertiary/aromatic N) is 8. The van der Waals surface area contributed by atoms with Gasteiger partial charge >= 0.3 is 0 Å². The van der Waals surface area contributed by atoms with E-state index in [1.165, 1.54) is 6.07 Å². The lowest BCUT2D eigenvalue weighted by molar-refractivity contribution is -0.384. The van der Waals surface area contributed by atoms with Gasteiger partial charge in [0.15, 0.2) is 13.2 Å². The summed E-state index contributed by atoms with van der Waals surface area (Å²) in [7, 11) is -0.935. The summed E-state index contributed by atoms with van der Waals surface area (Å²) in [5, 5.41) is 26.9. The third-order valence-corrected chi connectivity index (χ3v) is 10.3. The molecule has 0 amide bonds. The molecule has 1 aromatic heterocycles. The molecule has 1 saturated heterocycles. The zero-order chi connectivity index (χ0) is 26.0. The zero-order valence-corrected chi connectivity index (χ0v) is 21.6. The highest BCUT2D eigenvalue weighted by Crippen LogP contribution is 2.62. The lowest BCUT2D eigenvalue weighted by Crippen LogP contribution is -2.45. The smallest absolute Gasteiger partial charge is 0.294 e. The second-order valence-corrected chi connectivity index (χ2v) is 11.6. The summed E-state index contributed by atoms with van der Waals surface area (Å²) in [6, 6.07) is 18.6. The normalized spacial score (nSPS) is 19.6. The first-order valence-corrected chi connectivity index (χ1v) is 13.6. The average Bonchev–Trinajstić information content (AvgIpc) is 3.25. The fraction of sp³-hybridized carbons (Fsp3) is 0.320. The molecule has 1 fully saturated rings. The number of aryl methyl sites for hydroxylation is 2. The number of hydrogen-bond donors (Lipinski definition) is 0. The molecule has 0 radical (unpaired) electrons. The summed E-state index contributed by atoms with van der Waals surface area (Å²) in [5.74, 6) is 1.35. The number of benzene rings is 2. The van der Waals surface area contributed by atoms with E-state index in [2.05, 4.69) is 15.4 Å². The number of nitro benzene ring substituents is 1. The molecule has 0 bridgehead atoms. The number of fused-ring (bicyclic) bond motifs is 1. The first-order valence-electron chi connectivity index (χ1n) is 12.0. The predicted molar refractivity (Wildman–Crippen MR) is 142 cm³/mol. The molecular weight excluding hydrogens is 491 g/mol. The van der Waals surface area contributed by atoms with Crippen molar-refractivity contribution in [3.05, 3.63) is 76.0 Å². The molecule has 11 nitrogen and oxygen atoms in total. The highest BCUT2D eigenvalue weighted by molar-refractivity contribution is 7.70. The summed E-state index contributed by atoms with van der Waals surface area (Å²) < 4.78 is 17.2. The van der Waals surface area contributed by atoms with Gasteiger partial charge in [-0.1, -0.05) is 42.5 Å². The van der Waals surface area contributed by atoms with Crippen molar-refractivity contribution in [3.8, 4) is 6.07 Å². The Morgan fingerprint density at radius 1 is 1.16 bits per heavy atom. The van der Waals surface area contributed by atoms with Crippen molar-refractivity contribution in [2.24, 2.45) is 9.74 Å². The molecule has 2 aromatic carbocycles. The molecule has 3 heterocycles.